The Labute approximate surface area is 201 Å². The van der Waals surface area contributed by atoms with E-state index in [-0.39, 0.29) is 12.0 Å². The van der Waals surface area contributed by atoms with Crippen molar-refractivity contribution < 1.29 is 13.9 Å². The molecule has 4 aromatic rings. The Morgan fingerprint density at radius 3 is 3.00 bits per heavy atom. The molecule has 1 N–H and O–H groups in total. The number of halogens is 1. The summed E-state index contributed by atoms with van der Waals surface area (Å²) >= 11 is 2.51. The third-order valence-electron chi connectivity index (χ3n) is 6.50. The second-order valence-corrected chi connectivity index (χ2v) is 11.0. The zero-order valence-corrected chi connectivity index (χ0v) is 19.6. The molecule has 1 amide bonds. The number of anilines is 1. The third-order valence-corrected chi connectivity index (χ3v) is 8.40. The van der Waals surface area contributed by atoms with Crippen LogP contribution in [0.5, 0.6) is 0 Å². The Kier molecular flexibility index (Phi) is 4.83. The summed E-state index contributed by atoms with van der Waals surface area (Å²) in [6, 6.07) is 7.34. The first-order valence-corrected chi connectivity index (χ1v) is 12.9. The fourth-order valence-electron chi connectivity index (χ4n) is 4.62. The number of rotatable bonds is 6. The van der Waals surface area contributed by atoms with Gasteiger partial charge in [-0.2, -0.15) is 9.61 Å². The van der Waals surface area contributed by atoms with Crippen LogP contribution in [0.4, 0.5) is 9.52 Å². The standard InChI is InChI=1S/C22H20FN7O2S2/c23-14-6-16-18(33-21(24-16)25-20(31)9-29-8-13-5-12(29)10-32-13)7-17(14)34-22-27-26-19-4-3-15(11-1-2-11)28-30(19)22/h3-4,6-7,11-13H,1-2,5,8-10H2,(H,24,25,31)/t12-,13-/m0/s1. The van der Waals surface area contributed by atoms with E-state index in [4.69, 9.17) is 4.74 Å². The summed E-state index contributed by atoms with van der Waals surface area (Å²) in [7, 11) is 0. The van der Waals surface area contributed by atoms with Gasteiger partial charge in [-0.1, -0.05) is 11.3 Å². The number of ether oxygens (including phenoxy) is 1. The van der Waals surface area contributed by atoms with Crippen LogP contribution in [-0.4, -0.2) is 67.4 Å². The fourth-order valence-corrected chi connectivity index (χ4v) is 6.43. The number of hydrogen-bond acceptors (Lipinski definition) is 9. The second-order valence-electron chi connectivity index (χ2n) is 8.98. The molecule has 5 heterocycles. The van der Waals surface area contributed by atoms with Crippen LogP contribution in [0.25, 0.3) is 15.9 Å². The van der Waals surface area contributed by atoms with Crippen LogP contribution in [0.1, 0.15) is 30.9 Å². The molecule has 174 valence electrons. The lowest BCUT2D eigenvalue weighted by Crippen LogP contribution is -2.41. The molecule has 1 aromatic carbocycles. The minimum Gasteiger partial charge on any atom is -0.375 e. The number of aromatic nitrogens is 5. The minimum atomic E-state index is -0.399. The maximum atomic E-state index is 14.9. The van der Waals surface area contributed by atoms with Crippen molar-refractivity contribution >= 4 is 50.0 Å². The zero-order valence-electron chi connectivity index (χ0n) is 18.0. The van der Waals surface area contributed by atoms with Crippen molar-refractivity contribution in [3.63, 3.8) is 0 Å². The van der Waals surface area contributed by atoms with Crippen molar-refractivity contribution in [2.75, 3.05) is 25.0 Å². The summed E-state index contributed by atoms with van der Waals surface area (Å²) < 4.78 is 23.0. The van der Waals surface area contributed by atoms with E-state index in [0.29, 0.717) is 51.5 Å². The highest BCUT2D eigenvalue weighted by Gasteiger charge is 2.39. The number of amides is 1. The van der Waals surface area contributed by atoms with Crippen molar-refractivity contribution in [2.24, 2.45) is 0 Å². The van der Waals surface area contributed by atoms with Gasteiger partial charge in [-0.05, 0) is 49.2 Å². The molecular formula is C22H20FN7O2S2. The SMILES string of the molecule is O=C(CN1C[C@@H]2C[C@H]1CO2)Nc1nc2cc(F)c(Sc3nnc4ccc(C5CC5)nn34)cc2s1. The first-order valence-electron chi connectivity index (χ1n) is 11.2. The number of benzene rings is 1. The van der Waals surface area contributed by atoms with Gasteiger partial charge in [0.15, 0.2) is 10.8 Å². The lowest BCUT2D eigenvalue weighted by atomic mass is 10.2. The summed E-state index contributed by atoms with van der Waals surface area (Å²) in [5, 5.41) is 16.9. The van der Waals surface area contributed by atoms with Gasteiger partial charge in [-0.15, -0.1) is 10.2 Å². The molecule has 2 aliphatic heterocycles. The van der Waals surface area contributed by atoms with Crippen molar-refractivity contribution in [3.05, 3.63) is 35.8 Å². The Morgan fingerprint density at radius 2 is 2.21 bits per heavy atom. The van der Waals surface area contributed by atoms with E-state index in [9.17, 15) is 9.18 Å². The van der Waals surface area contributed by atoms with Crippen molar-refractivity contribution in [3.8, 4) is 0 Å². The largest absolute Gasteiger partial charge is 0.375 e. The predicted molar refractivity (Wildman–Crippen MR) is 125 cm³/mol. The van der Waals surface area contributed by atoms with Crippen LogP contribution in [-0.2, 0) is 9.53 Å². The van der Waals surface area contributed by atoms with Crippen LogP contribution in [0.3, 0.4) is 0 Å². The van der Waals surface area contributed by atoms with Crippen molar-refractivity contribution in [2.45, 2.75) is 47.4 Å². The molecule has 3 aliphatic rings. The lowest BCUT2D eigenvalue weighted by Gasteiger charge is -2.25. The first kappa shape index (κ1) is 20.7. The number of morpholine rings is 1. The molecule has 3 aromatic heterocycles. The van der Waals surface area contributed by atoms with Crippen LogP contribution in [0, 0.1) is 5.82 Å². The van der Waals surface area contributed by atoms with E-state index in [1.807, 2.05) is 12.1 Å². The molecule has 3 fully saturated rings. The molecule has 34 heavy (non-hydrogen) atoms. The molecule has 2 atom stereocenters. The summed E-state index contributed by atoms with van der Waals surface area (Å²) in [5.41, 5.74) is 2.16. The summed E-state index contributed by atoms with van der Waals surface area (Å²) in [6.07, 6.45) is 3.53. The molecule has 1 aliphatic carbocycles. The number of thiazole rings is 1. The topological polar surface area (TPSA) is 97.5 Å². The molecular weight excluding hydrogens is 477 g/mol. The summed E-state index contributed by atoms with van der Waals surface area (Å²) in [4.78, 5) is 19.5. The van der Waals surface area contributed by atoms with Crippen molar-refractivity contribution in [1.29, 1.82) is 0 Å². The first-order chi connectivity index (χ1) is 16.6. The van der Waals surface area contributed by atoms with Crippen LogP contribution in [0.15, 0.2) is 34.3 Å². The third kappa shape index (κ3) is 3.74. The average molecular weight is 498 g/mol. The molecule has 7 rings (SSSR count). The number of fused-ring (bicyclic) bond motifs is 4. The van der Waals surface area contributed by atoms with E-state index in [0.717, 1.165) is 36.2 Å². The van der Waals surface area contributed by atoms with E-state index >= 15 is 0 Å². The zero-order chi connectivity index (χ0) is 22.8. The molecule has 2 bridgehead atoms. The van der Waals surface area contributed by atoms with Gasteiger partial charge in [-0.3, -0.25) is 9.69 Å². The van der Waals surface area contributed by atoms with Gasteiger partial charge >= 0.3 is 0 Å². The van der Waals surface area contributed by atoms with Gasteiger partial charge in [-0.25, -0.2) is 9.37 Å². The highest BCUT2D eigenvalue weighted by Crippen LogP contribution is 2.39. The number of nitrogens with zero attached hydrogens (tertiary/aromatic N) is 6. The van der Waals surface area contributed by atoms with Gasteiger partial charge in [0.25, 0.3) is 0 Å². The highest BCUT2D eigenvalue weighted by molar-refractivity contribution is 7.99. The fraction of sp³-hybridized carbons (Fsp3) is 0.409. The number of likely N-dealkylation sites (tertiary alicyclic amines) is 1. The monoisotopic (exact) mass is 497 g/mol. The summed E-state index contributed by atoms with van der Waals surface area (Å²) in [5.74, 6) is -0.0180. The molecule has 1 saturated carbocycles. The normalized spacial score (nSPS) is 22.3. The molecule has 0 spiro atoms. The quantitative estimate of drug-likeness (QED) is 0.433. The molecule has 12 heteroatoms. The van der Waals surface area contributed by atoms with Gasteiger partial charge in [0.05, 0.1) is 40.1 Å². The van der Waals surface area contributed by atoms with E-state index in [1.165, 1.54) is 29.2 Å². The van der Waals surface area contributed by atoms with Gasteiger partial charge in [0.1, 0.15) is 5.82 Å². The maximum absolute atomic E-state index is 14.9. The van der Waals surface area contributed by atoms with E-state index in [2.05, 4.69) is 30.5 Å². The molecule has 9 nitrogen and oxygen atoms in total. The van der Waals surface area contributed by atoms with Gasteiger partial charge in [0.2, 0.25) is 11.1 Å². The maximum Gasteiger partial charge on any atom is 0.240 e. The second kappa shape index (κ2) is 7.94. The number of carbonyl (C=O) groups is 1. The van der Waals surface area contributed by atoms with Crippen LogP contribution in [0.2, 0.25) is 0 Å². The molecule has 2 saturated heterocycles. The molecule has 0 unspecified atom stereocenters. The Bertz CT molecular complexity index is 1440. The van der Waals surface area contributed by atoms with Crippen LogP contribution < -0.4 is 5.32 Å². The minimum absolute atomic E-state index is 0.117. The number of hydrogen-bond donors (Lipinski definition) is 1. The summed E-state index contributed by atoms with van der Waals surface area (Å²) in [6.45, 7) is 1.79. The highest BCUT2D eigenvalue weighted by atomic mass is 32.2. The number of nitrogens with one attached hydrogen (secondary N) is 1. The van der Waals surface area contributed by atoms with E-state index < -0.39 is 5.82 Å². The van der Waals surface area contributed by atoms with Gasteiger partial charge < -0.3 is 10.1 Å². The average Bonchev–Trinajstić information content (AvgIpc) is 3.11. The smallest absolute Gasteiger partial charge is 0.240 e. The Morgan fingerprint density at radius 1 is 1.29 bits per heavy atom. The number of carbonyl (C=O) groups excluding carboxylic acids is 1. The predicted octanol–water partition coefficient (Wildman–Crippen LogP) is 3.31. The van der Waals surface area contributed by atoms with Crippen molar-refractivity contribution in [1.82, 2.24) is 29.7 Å². The Hall–Kier alpha value is -2.67. The van der Waals surface area contributed by atoms with Crippen LogP contribution >= 0.6 is 23.1 Å². The lowest BCUT2D eigenvalue weighted by molar-refractivity contribution is -0.118. The van der Waals surface area contributed by atoms with Gasteiger partial charge in [0, 0.05) is 24.6 Å². The Balaban J connectivity index is 1.10. The molecule has 0 radical (unpaired) electrons. The van der Waals surface area contributed by atoms with E-state index in [1.54, 1.807) is 10.6 Å².